The van der Waals surface area contributed by atoms with Crippen LogP contribution in [0.25, 0.3) is 10.9 Å². The minimum atomic E-state index is 0.310. The fourth-order valence-electron chi connectivity index (χ4n) is 3.24. The number of aliphatic hydroxyl groups excluding tert-OH is 1. The van der Waals surface area contributed by atoms with Crippen LogP contribution in [-0.2, 0) is 0 Å². The zero-order valence-electron chi connectivity index (χ0n) is 12.5. The van der Waals surface area contributed by atoms with Gasteiger partial charge in [0.05, 0.1) is 11.2 Å². The van der Waals surface area contributed by atoms with Crippen molar-refractivity contribution < 1.29 is 5.11 Å². The van der Waals surface area contributed by atoms with E-state index in [1.165, 1.54) is 22.4 Å². The fraction of sp³-hybridized carbons (Fsp3) is 0.471. The maximum Gasteiger partial charge on any atom is 0.0723 e. The molecular weight excluding hydrogens is 280 g/mol. The van der Waals surface area contributed by atoms with Crippen molar-refractivity contribution in [3.8, 4) is 0 Å². The minimum Gasteiger partial charge on any atom is -0.396 e. The minimum absolute atomic E-state index is 0.310. The molecule has 1 aromatic heterocycles. The number of fused-ring (bicyclic) bond motifs is 1. The number of nitrogens with zero attached hydrogens (tertiary/aromatic N) is 2. The zero-order chi connectivity index (χ0) is 14.7. The smallest absolute Gasteiger partial charge is 0.0723 e. The topological polar surface area (TPSA) is 36.4 Å². The van der Waals surface area contributed by atoms with Crippen LogP contribution < -0.4 is 4.90 Å². The number of pyridine rings is 1. The van der Waals surface area contributed by atoms with Gasteiger partial charge in [0.1, 0.15) is 0 Å². The molecule has 3 rings (SSSR count). The summed E-state index contributed by atoms with van der Waals surface area (Å²) in [5, 5.41) is 10.3. The molecule has 21 heavy (non-hydrogen) atoms. The Bertz CT molecular complexity index is 617. The van der Waals surface area contributed by atoms with Crippen molar-refractivity contribution in [2.75, 3.05) is 30.9 Å². The van der Waals surface area contributed by atoms with E-state index in [0.717, 1.165) is 31.4 Å². The maximum absolute atomic E-state index is 9.01. The Morgan fingerprint density at radius 2 is 2.24 bits per heavy atom. The first-order valence-corrected chi connectivity index (χ1v) is 8.83. The largest absolute Gasteiger partial charge is 0.396 e. The van der Waals surface area contributed by atoms with Crippen LogP contribution in [0.5, 0.6) is 0 Å². The van der Waals surface area contributed by atoms with E-state index in [1.807, 2.05) is 12.3 Å². The van der Waals surface area contributed by atoms with Gasteiger partial charge in [0.25, 0.3) is 0 Å². The molecule has 0 saturated carbocycles. The quantitative estimate of drug-likeness (QED) is 0.857. The second kappa shape index (κ2) is 6.67. The summed E-state index contributed by atoms with van der Waals surface area (Å²) in [5.41, 5.74) is 2.42. The predicted octanol–water partition coefficient (Wildman–Crippen LogP) is 3.56. The first-order chi connectivity index (χ1) is 10.3. The standard InChI is InChI=1S/C17H22N2OS/c1-21-16-11-18-15-7-3-2-6-14(15)17(16)19-9-8-13(12-19)5-4-10-20/h2-3,6-7,11,13,20H,4-5,8-10,12H2,1H3. The summed E-state index contributed by atoms with van der Waals surface area (Å²) in [6.07, 6.45) is 7.40. The van der Waals surface area contributed by atoms with Gasteiger partial charge in [-0.1, -0.05) is 18.2 Å². The van der Waals surface area contributed by atoms with Crippen LogP contribution in [0.2, 0.25) is 0 Å². The van der Waals surface area contributed by atoms with E-state index >= 15 is 0 Å². The van der Waals surface area contributed by atoms with Gasteiger partial charge in [-0.25, -0.2) is 0 Å². The van der Waals surface area contributed by atoms with Gasteiger partial charge in [0.15, 0.2) is 0 Å². The van der Waals surface area contributed by atoms with Crippen molar-refractivity contribution >= 4 is 28.4 Å². The summed E-state index contributed by atoms with van der Waals surface area (Å²) in [4.78, 5) is 8.34. The molecule has 0 radical (unpaired) electrons. The van der Waals surface area contributed by atoms with Crippen molar-refractivity contribution in [1.82, 2.24) is 4.98 Å². The van der Waals surface area contributed by atoms with Crippen LogP contribution in [0.4, 0.5) is 5.69 Å². The highest BCUT2D eigenvalue weighted by molar-refractivity contribution is 7.98. The summed E-state index contributed by atoms with van der Waals surface area (Å²) < 4.78 is 0. The fourth-order valence-corrected chi connectivity index (χ4v) is 3.83. The zero-order valence-corrected chi connectivity index (χ0v) is 13.3. The Labute approximate surface area is 130 Å². The number of para-hydroxylation sites is 1. The number of benzene rings is 1. The second-order valence-corrected chi connectivity index (χ2v) is 6.51. The third-order valence-corrected chi connectivity index (χ3v) is 5.04. The summed E-state index contributed by atoms with van der Waals surface area (Å²) in [7, 11) is 0. The number of hydrogen-bond acceptors (Lipinski definition) is 4. The SMILES string of the molecule is CSc1cnc2ccccc2c1N1CCC(CCCO)C1. The summed E-state index contributed by atoms with van der Waals surface area (Å²) in [6, 6.07) is 8.41. The van der Waals surface area contributed by atoms with Gasteiger partial charge >= 0.3 is 0 Å². The molecule has 0 aliphatic carbocycles. The van der Waals surface area contributed by atoms with Gasteiger partial charge in [0.2, 0.25) is 0 Å². The third-order valence-electron chi connectivity index (χ3n) is 4.31. The lowest BCUT2D eigenvalue weighted by Gasteiger charge is -2.23. The molecule has 0 amide bonds. The molecule has 1 aromatic carbocycles. The number of anilines is 1. The molecule has 4 heteroatoms. The molecule has 3 nitrogen and oxygen atoms in total. The number of aliphatic hydroxyl groups is 1. The molecular formula is C17H22N2OS. The summed E-state index contributed by atoms with van der Waals surface area (Å²) >= 11 is 1.77. The highest BCUT2D eigenvalue weighted by atomic mass is 32.2. The Morgan fingerprint density at radius 1 is 1.38 bits per heavy atom. The predicted molar refractivity (Wildman–Crippen MR) is 90.2 cm³/mol. The van der Waals surface area contributed by atoms with Crippen LogP contribution in [0.3, 0.4) is 0 Å². The van der Waals surface area contributed by atoms with Gasteiger partial charge in [-0.3, -0.25) is 4.98 Å². The van der Waals surface area contributed by atoms with Crippen molar-refractivity contribution in [1.29, 1.82) is 0 Å². The van der Waals surface area contributed by atoms with E-state index in [0.29, 0.717) is 12.5 Å². The van der Waals surface area contributed by atoms with E-state index in [4.69, 9.17) is 5.11 Å². The summed E-state index contributed by atoms with van der Waals surface area (Å²) in [6.45, 7) is 2.52. The lowest BCUT2D eigenvalue weighted by atomic mass is 10.0. The van der Waals surface area contributed by atoms with Gasteiger partial charge < -0.3 is 10.0 Å². The molecule has 112 valence electrons. The van der Waals surface area contributed by atoms with E-state index in [-0.39, 0.29) is 0 Å². The molecule has 2 aromatic rings. The molecule has 1 atom stereocenters. The number of rotatable bonds is 5. The lowest BCUT2D eigenvalue weighted by molar-refractivity contribution is 0.274. The van der Waals surface area contributed by atoms with Crippen LogP contribution in [0.15, 0.2) is 35.4 Å². The molecule has 0 spiro atoms. The molecule has 2 heterocycles. The highest BCUT2D eigenvalue weighted by Gasteiger charge is 2.25. The third kappa shape index (κ3) is 3.01. The Morgan fingerprint density at radius 3 is 3.05 bits per heavy atom. The van der Waals surface area contributed by atoms with E-state index < -0.39 is 0 Å². The molecule has 1 unspecified atom stereocenters. The lowest BCUT2D eigenvalue weighted by Crippen LogP contribution is -2.21. The van der Waals surface area contributed by atoms with E-state index in [1.54, 1.807) is 11.8 Å². The first kappa shape index (κ1) is 14.7. The summed E-state index contributed by atoms with van der Waals surface area (Å²) in [5.74, 6) is 0.707. The van der Waals surface area contributed by atoms with Gasteiger partial charge in [-0.15, -0.1) is 11.8 Å². The van der Waals surface area contributed by atoms with E-state index in [9.17, 15) is 0 Å². The number of thioether (sulfide) groups is 1. The molecule has 1 fully saturated rings. The normalized spacial score (nSPS) is 18.6. The van der Waals surface area contributed by atoms with E-state index in [2.05, 4.69) is 34.3 Å². The van der Waals surface area contributed by atoms with Crippen LogP contribution in [-0.4, -0.2) is 36.0 Å². The molecule has 0 bridgehead atoms. The number of aromatic nitrogens is 1. The Balaban J connectivity index is 1.92. The molecule has 1 aliphatic heterocycles. The van der Waals surface area contributed by atoms with Crippen LogP contribution in [0, 0.1) is 5.92 Å². The van der Waals surface area contributed by atoms with Crippen molar-refractivity contribution in [2.45, 2.75) is 24.2 Å². The van der Waals surface area contributed by atoms with Crippen molar-refractivity contribution in [2.24, 2.45) is 5.92 Å². The van der Waals surface area contributed by atoms with Gasteiger partial charge in [-0.05, 0) is 37.5 Å². The van der Waals surface area contributed by atoms with Crippen LogP contribution in [0.1, 0.15) is 19.3 Å². The maximum atomic E-state index is 9.01. The number of hydrogen-bond donors (Lipinski definition) is 1. The monoisotopic (exact) mass is 302 g/mol. The molecule has 1 saturated heterocycles. The van der Waals surface area contributed by atoms with Gasteiger partial charge in [0, 0.05) is 36.2 Å². The average molecular weight is 302 g/mol. The van der Waals surface area contributed by atoms with Crippen molar-refractivity contribution in [3.63, 3.8) is 0 Å². The van der Waals surface area contributed by atoms with Crippen molar-refractivity contribution in [3.05, 3.63) is 30.5 Å². The van der Waals surface area contributed by atoms with Crippen LogP contribution >= 0.6 is 11.8 Å². The highest BCUT2D eigenvalue weighted by Crippen LogP contribution is 2.38. The Hall–Kier alpha value is -1.26. The Kier molecular flexibility index (Phi) is 4.66. The average Bonchev–Trinajstić information content (AvgIpc) is 3.00. The second-order valence-electron chi connectivity index (χ2n) is 5.66. The van der Waals surface area contributed by atoms with Gasteiger partial charge in [-0.2, -0.15) is 0 Å². The molecule has 1 aliphatic rings. The molecule has 1 N–H and O–H groups in total. The first-order valence-electron chi connectivity index (χ1n) is 7.61.